The number of nitrogens with zero attached hydrogens (tertiary/aromatic N) is 5. The summed E-state index contributed by atoms with van der Waals surface area (Å²) in [5.41, 5.74) is 3.11. The highest BCUT2D eigenvalue weighted by Crippen LogP contribution is 2.21. The summed E-state index contributed by atoms with van der Waals surface area (Å²) in [6, 6.07) is 10.9. The van der Waals surface area contributed by atoms with Crippen molar-refractivity contribution in [2.24, 2.45) is 0 Å². The Kier molecular flexibility index (Phi) is 4.43. The van der Waals surface area contributed by atoms with Crippen LogP contribution >= 0.6 is 17.0 Å². The molecule has 0 atom stereocenters. The maximum Gasteiger partial charge on any atom is 0.216 e. The second-order valence-electron chi connectivity index (χ2n) is 4.90. The van der Waals surface area contributed by atoms with E-state index in [9.17, 15) is 4.79 Å². The summed E-state index contributed by atoms with van der Waals surface area (Å²) in [7, 11) is 0. The maximum absolute atomic E-state index is 12.6. The van der Waals surface area contributed by atoms with Crippen LogP contribution in [-0.4, -0.2) is 30.3 Å². The minimum absolute atomic E-state index is 0. The van der Waals surface area contributed by atoms with Crippen molar-refractivity contribution in [1.29, 1.82) is 0 Å². The van der Waals surface area contributed by atoms with Crippen LogP contribution in [0, 0.1) is 0 Å². The van der Waals surface area contributed by atoms with Crippen molar-refractivity contribution in [3.63, 3.8) is 0 Å². The lowest BCUT2D eigenvalue weighted by Gasteiger charge is -2.04. The van der Waals surface area contributed by atoms with Crippen molar-refractivity contribution in [2.75, 3.05) is 0 Å². The lowest BCUT2D eigenvalue weighted by atomic mass is 10.1. The van der Waals surface area contributed by atoms with E-state index in [2.05, 4.69) is 20.1 Å². The van der Waals surface area contributed by atoms with E-state index in [-0.39, 0.29) is 22.8 Å². The van der Waals surface area contributed by atoms with Gasteiger partial charge in [-0.25, -0.2) is 9.50 Å². The molecule has 4 aromatic rings. The number of fused-ring (bicyclic) bond motifs is 1. The van der Waals surface area contributed by atoms with Crippen LogP contribution in [0.2, 0.25) is 0 Å². The molecule has 0 amide bonds. The Morgan fingerprint density at radius 2 is 1.75 bits per heavy atom. The zero-order valence-corrected chi connectivity index (χ0v) is 14.1. The molecule has 0 aliphatic carbocycles. The van der Waals surface area contributed by atoms with E-state index in [1.165, 1.54) is 6.20 Å². The molecule has 4 heterocycles. The number of rotatable bonds is 3. The molecule has 0 saturated carbocycles. The molecule has 0 fully saturated rings. The molecule has 0 aliphatic rings. The van der Waals surface area contributed by atoms with Crippen molar-refractivity contribution in [3.05, 3.63) is 78.6 Å². The summed E-state index contributed by atoms with van der Waals surface area (Å²) in [6.07, 6.45) is 8.22. The smallest absolute Gasteiger partial charge is 0.216 e. The van der Waals surface area contributed by atoms with E-state index in [1.54, 1.807) is 47.5 Å². The average molecular weight is 382 g/mol. The van der Waals surface area contributed by atoms with Gasteiger partial charge in [0.25, 0.3) is 0 Å². The van der Waals surface area contributed by atoms with E-state index in [0.717, 1.165) is 11.3 Å². The van der Waals surface area contributed by atoms with Crippen LogP contribution in [0.1, 0.15) is 16.1 Å². The van der Waals surface area contributed by atoms with Crippen molar-refractivity contribution < 1.29 is 4.79 Å². The Bertz CT molecular complexity index is 986. The van der Waals surface area contributed by atoms with Gasteiger partial charge in [-0.1, -0.05) is 6.07 Å². The maximum atomic E-state index is 12.6. The molecule has 0 aliphatic heterocycles. The summed E-state index contributed by atoms with van der Waals surface area (Å²) in [4.78, 5) is 25.0. The minimum Gasteiger partial charge on any atom is -0.287 e. The fourth-order valence-corrected chi connectivity index (χ4v) is 2.43. The normalized spacial score (nSPS) is 10.3. The summed E-state index contributed by atoms with van der Waals surface area (Å²) in [5.74, 6) is -0.194. The zero-order chi connectivity index (χ0) is 15.6. The highest BCUT2D eigenvalue weighted by molar-refractivity contribution is 8.93. The Hall–Kier alpha value is -2.93. The fraction of sp³-hybridized carbons (Fsp3) is 0. The molecule has 0 unspecified atom stereocenters. The Balaban J connectivity index is 0.00000169. The topological polar surface area (TPSA) is 73.0 Å². The quantitative estimate of drug-likeness (QED) is 0.510. The number of hydrogen-bond donors (Lipinski definition) is 0. The standard InChI is InChI=1S/C17H11N5O.BrH/c23-16(14-3-1-2-7-19-14)13-11-21-22-15(6-10-20-17(13)22)12-4-8-18-9-5-12;/h1-11H;1H. The predicted octanol–water partition coefficient (Wildman–Crippen LogP) is 3.00. The summed E-state index contributed by atoms with van der Waals surface area (Å²) in [6.45, 7) is 0. The molecule has 4 aromatic heterocycles. The Morgan fingerprint density at radius 1 is 0.917 bits per heavy atom. The van der Waals surface area contributed by atoms with Crippen LogP contribution < -0.4 is 0 Å². The molecule has 0 spiro atoms. The Morgan fingerprint density at radius 3 is 2.50 bits per heavy atom. The molecular formula is C17H12BrN5O. The largest absolute Gasteiger partial charge is 0.287 e. The molecule has 0 radical (unpaired) electrons. The van der Waals surface area contributed by atoms with Gasteiger partial charge in [0.1, 0.15) is 5.69 Å². The van der Waals surface area contributed by atoms with Crippen molar-refractivity contribution in [1.82, 2.24) is 24.6 Å². The molecule has 7 heteroatoms. The van der Waals surface area contributed by atoms with Gasteiger partial charge in [-0.15, -0.1) is 17.0 Å². The van der Waals surface area contributed by atoms with Gasteiger partial charge in [-0.05, 0) is 30.3 Å². The second-order valence-corrected chi connectivity index (χ2v) is 4.90. The van der Waals surface area contributed by atoms with Gasteiger partial charge < -0.3 is 0 Å². The number of carbonyl (C=O) groups is 1. The average Bonchev–Trinajstić information content (AvgIpc) is 3.06. The van der Waals surface area contributed by atoms with Crippen LogP contribution in [0.15, 0.2) is 67.4 Å². The first-order chi connectivity index (χ1) is 11.3. The number of aromatic nitrogens is 5. The van der Waals surface area contributed by atoms with E-state index in [1.807, 2.05) is 18.2 Å². The number of carbonyl (C=O) groups excluding carboxylic acids is 1. The van der Waals surface area contributed by atoms with Gasteiger partial charge in [0.05, 0.1) is 17.5 Å². The van der Waals surface area contributed by atoms with Gasteiger partial charge in [-0.3, -0.25) is 14.8 Å². The fourth-order valence-electron chi connectivity index (χ4n) is 2.43. The van der Waals surface area contributed by atoms with Crippen LogP contribution in [0.5, 0.6) is 0 Å². The minimum atomic E-state index is -0.194. The number of hydrogen-bond acceptors (Lipinski definition) is 5. The first-order valence-corrected chi connectivity index (χ1v) is 7.03. The summed E-state index contributed by atoms with van der Waals surface area (Å²) in [5, 5.41) is 4.33. The molecule has 24 heavy (non-hydrogen) atoms. The number of ketones is 1. The van der Waals surface area contributed by atoms with E-state index in [4.69, 9.17) is 0 Å². The van der Waals surface area contributed by atoms with Crippen molar-refractivity contribution >= 4 is 28.4 Å². The van der Waals surface area contributed by atoms with Crippen LogP contribution in [0.25, 0.3) is 16.9 Å². The van der Waals surface area contributed by atoms with Crippen LogP contribution in [-0.2, 0) is 0 Å². The SMILES string of the molecule is Br.O=C(c1ccccn1)c1cnn2c(-c3ccncc3)ccnc12. The third-order valence-corrected chi connectivity index (χ3v) is 3.52. The highest BCUT2D eigenvalue weighted by Gasteiger charge is 2.18. The molecule has 0 aromatic carbocycles. The highest BCUT2D eigenvalue weighted by atomic mass is 79.9. The van der Waals surface area contributed by atoms with Crippen LogP contribution in [0.4, 0.5) is 0 Å². The molecule has 6 nitrogen and oxygen atoms in total. The molecule has 4 rings (SSSR count). The Labute approximate surface area is 148 Å². The lowest BCUT2D eigenvalue weighted by molar-refractivity contribution is 0.103. The summed E-state index contributed by atoms with van der Waals surface area (Å²) < 4.78 is 1.66. The molecule has 0 bridgehead atoms. The first kappa shape index (κ1) is 15.9. The first-order valence-electron chi connectivity index (χ1n) is 7.03. The second kappa shape index (κ2) is 6.67. The van der Waals surface area contributed by atoms with E-state index < -0.39 is 0 Å². The number of pyridine rings is 2. The molecule has 118 valence electrons. The van der Waals surface area contributed by atoms with E-state index in [0.29, 0.717) is 16.9 Å². The zero-order valence-electron chi connectivity index (χ0n) is 12.4. The summed E-state index contributed by atoms with van der Waals surface area (Å²) >= 11 is 0. The van der Waals surface area contributed by atoms with Gasteiger partial charge in [0.2, 0.25) is 5.78 Å². The third kappa shape index (κ3) is 2.69. The predicted molar refractivity (Wildman–Crippen MR) is 94.2 cm³/mol. The third-order valence-electron chi connectivity index (χ3n) is 3.52. The number of halogens is 1. The molecular weight excluding hydrogens is 370 g/mol. The van der Waals surface area contributed by atoms with E-state index >= 15 is 0 Å². The van der Waals surface area contributed by atoms with Gasteiger partial charge in [0, 0.05) is 30.4 Å². The lowest BCUT2D eigenvalue weighted by Crippen LogP contribution is -2.04. The van der Waals surface area contributed by atoms with Crippen molar-refractivity contribution in [3.8, 4) is 11.3 Å². The molecule has 0 N–H and O–H groups in total. The van der Waals surface area contributed by atoms with Gasteiger partial charge in [0.15, 0.2) is 5.65 Å². The van der Waals surface area contributed by atoms with Gasteiger partial charge in [-0.2, -0.15) is 5.10 Å². The van der Waals surface area contributed by atoms with Gasteiger partial charge >= 0.3 is 0 Å². The van der Waals surface area contributed by atoms with Crippen molar-refractivity contribution in [2.45, 2.75) is 0 Å². The monoisotopic (exact) mass is 381 g/mol. The molecule has 0 saturated heterocycles. The van der Waals surface area contributed by atoms with Crippen LogP contribution in [0.3, 0.4) is 0 Å².